The molecular formula is C29H33N3O. The molecule has 4 aliphatic rings. The summed E-state index contributed by atoms with van der Waals surface area (Å²) in [5.41, 5.74) is 3.47. The zero-order valence-corrected chi connectivity index (χ0v) is 19.3. The van der Waals surface area contributed by atoms with Crippen LogP contribution in [0, 0.1) is 29.1 Å². The number of hydrogen-bond acceptors (Lipinski definition) is 3. The van der Waals surface area contributed by atoms with Crippen LogP contribution in [0.5, 0.6) is 0 Å². The zero-order chi connectivity index (χ0) is 22.4. The highest BCUT2D eigenvalue weighted by atomic mass is 16.2. The van der Waals surface area contributed by atoms with Crippen LogP contribution in [-0.4, -0.2) is 47.9 Å². The number of likely N-dealkylation sites (tertiary alicyclic amines) is 2. The molecule has 2 aliphatic heterocycles. The summed E-state index contributed by atoms with van der Waals surface area (Å²) in [6.07, 6.45) is 6.24. The SMILES string of the molecule is N#Cc1ccc(C2CCN(C(=O)C3[C@H]4CN(C5CCC(c6ccccc6)CC5)C[C@@H]34)C2)cc1. The van der Waals surface area contributed by atoms with Gasteiger partial charge in [-0.05, 0) is 73.1 Å². The molecule has 4 fully saturated rings. The first kappa shape index (κ1) is 20.9. The Balaban J connectivity index is 0.985. The topological polar surface area (TPSA) is 47.3 Å². The number of nitrogens with zero attached hydrogens (tertiary/aromatic N) is 3. The molecule has 2 aliphatic carbocycles. The lowest BCUT2D eigenvalue weighted by Gasteiger charge is -2.36. The number of fused-ring (bicyclic) bond motifs is 1. The van der Waals surface area contributed by atoms with Crippen molar-refractivity contribution < 1.29 is 4.79 Å². The Kier molecular flexibility index (Phi) is 5.46. The molecule has 2 unspecified atom stereocenters. The summed E-state index contributed by atoms with van der Waals surface area (Å²) in [5, 5.41) is 9.01. The van der Waals surface area contributed by atoms with E-state index in [2.05, 4.69) is 58.3 Å². The Labute approximate surface area is 197 Å². The van der Waals surface area contributed by atoms with E-state index < -0.39 is 0 Å². The van der Waals surface area contributed by atoms with Crippen LogP contribution in [0.2, 0.25) is 0 Å². The molecular weight excluding hydrogens is 406 g/mol. The van der Waals surface area contributed by atoms with Crippen molar-refractivity contribution in [3.63, 3.8) is 0 Å². The molecule has 2 saturated carbocycles. The van der Waals surface area contributed by atoms with E-state index in [4.69, 9.17) is 5.26 Å². The van der Waals surface area contributed by atoms with E-state index in [9.17, 15) is 4.79 Å². The standard InChI is InChI=1S/C29H33N3O/c30-16-20-6-8-23(9-7-20)24-14-15-31(17-24)29(33)28-26-18-32(19-27(26)28)25-12-10-22(11-13-25)21-4-2-1-3-5-21/h1-9,22,24-28H,10-15,17-19H2/t22?,24?,25?,26-,27+,28?. The van der Waals surface area contributed by atoms with Crippen LogP contribution in [0.1, 0.15) is 60.6 Å². The summed E-state index contributed by atoms with van der Waals surface area (Å²) >= 11 is 0. The molecule has 0 bridgehead atoms. The minimum absolute atomic E-state index is 0.279. The Bertz CT molecular complexity index is 1020. The molecule has 6 rings (SSSR count). The van der Waals surface area contributed by atoms with Crippen LogP contribution in [0.25, 0.3) is 0 Å². The molecule has 0 N–H and O–H groups in total. The van der Waals surface area contributed by atoms with Crippen molar-refractivity contribution in [2.45, 2.75) is 50.0 Å². The van der Waals surface area contributed by atoms with Crippen molar-refractivity contribution in [2.24, 2.45) is 17.8 Å². The second-order valence-corrected chi connectivity index (χ2v) is 10.7. The molecule has 170 valence electrons. The molecule has 4 nitrogen and oxygen atoms in total. The van der Waals surface area contributed by atoms with Crippen LogP contribution < -0.4 is 0 Å². The predicted octanol–water partition coefficient (Wildman–Crippen LogP) is 4.78. The summed E-state index contributed by atoms with van der Waals surface area (Å²) in [5.74, 6) is 3.02. The number of nitriles is 1. The third kappa shape index (κ3) is 3.97. The second kappa shape index (κ2) is 8.61. The number of hydrogen-bond donors (Lipinski definition) is 0. The lowest BCUT2D eigenvalue weighted by molar-refractivity contribution is -0.132. The number of rotatable bonds is 4. The van der Waals surface area contributed by atoms with Gasteiger partial charge in [0, 0.05) is 44.1 Å². The van der Waals surface area contributed by atoms with Crippen molar-refractivity contribution in [3.05, 3.63) is 71.3 Å². The Hall–Kier alpha value is -2.64. The number of carbonyl (C=O) groups is 1. The number of amides is 1. The highest BCUT2D eigenvalue weighted by Gasteiger charge is 2.61. The van der Waals surface area contributed by atoms with Gasteiger partial charge in [0.1, 0.15) is 0 Å². The van der Waals surface area contributed by atoms with Gasteiger partial charge in [0.25, 0.3) is 0 Å². The van der Waals surface area contributed by atoms with E-state index >= 15 is 0 Å². The maximum absolute atomic E-state index is 13.2. The second-order valence-electron chi connectivity index (χ2n) is 10.7. The normalized spacial score (nSPS) is 33.5. The van der Waals surface area contributed by atoms with E-state index in [-0.39, 0.29) is 5.92 Å². The van der Waals surface area contributed by atoms with Crippen molar-refractivity contribution >= 4 is 5.91 Å². The average molecular weight is 440 g/mol. The van der Waals surface area contributed by atoms with Gasteiger partial charge >= 0.3 is 0 Å². The summed E-state index contributed by atoms with van der Waals surface area (Å²) in [6, 6.07) is 21.8. The van der Waals surface area contributed by atoms with Crippen LogP contribution in [-0.2, 0) is 4.79 Å². The van der Waals surface area contributed by atoms with Gasteiger partial charge in [0.2, 0.25) is 5.91 Å². The van der Waals surface area contributed by atoms with Gasteiger partial charge in [0.05, 0.1) is 11.6 Å². The fourth-order valence-electron chi connectivity index (χ4n) is 7.00. The van der Waals surface area contributed by atoms with Crippen LogP contribution in [0.3, 0.4) is 0 Å². The van der Waals surface area contributed by atoms with Gasteiger partial charge in [-0.1, -0.05) is 42.5 Å². The van der Waals surface area contributed by atoms with E-state index in [1.165, 1.54) is 36.8 Å². The molecule has 4 atom stereocenters. The predicted molar refractivity (Wildman–Crippen MR) is 129 cm³/mol. The van der Waals surface area contributed by atoms with Gasteiger partial charge < -0.3 is 4.90 Å². The van der Waals surface area contributed by atoms with Gasteiger partial charge in [0.15, 0.2) is 0 Å². The first-order chi connectivity index (χ1) is 16.2. The molecule has 0 radical (unpaired) electrons. The van der Waals surface area contributed by atoms with Gasteiger partial charge in [-0.3, -0.25) is 9.69 Å². The number of carbonyl (C=O) groups excluding carboxylic acids is 1. The summed E-state index contributed by atoms with van der Waals surface area (Å²) in [4.78, 5) is 18.1. The largest absolute Gasteiger partial charge is 0.342 e. The third-order valence-electron chi connectivity index (χ3n) is 9.00. The molecule has 1 amide bonds. The fraction of sp³-hybridized carbons (Fsp3) is 0.517. The molecule has 2 aromatic carbocycles. The van der Waals surface area contributed by atoms with E-state index in [1.807, 2.05) is 12.1 Å². The van der Waals surface area contributed by atoms with Crippen molar-refractivity contribution in [1.82, 2.24) is 9.80 Å². The Morgan fingerprint density at radius 1 is 0.788 bits per heavy atom. The van der Waals surface area contributed by atoms with Gasteiger partial charge in [-0.2, -0.15) is 5.26 Å². The maximum atomic E-state index is 13.2. The third-order valence-corrected chi connectivity index (χ3v) is 9.00. The van der Waals surface area contributed by atoms with E-state index in [0.29, 0.717) is 29.2 Å². The smallest absolute Gasteiger partial charge is 0.226 e. The molecule has 33 heavy (non-hydrogen) atoms. The minimum Gasteiger partial charge on any atom is -0.342 e. The van der Waals surface area contributed by atoms with Crippen molar-refractivity contribution in [2.75, 3.05) is 26.2 Å². The van der Waals surface area contributed by atoms with Crippen LogP contribution in [0.15, 0.2) is 54.6 Å². The molecule has 2 saturated heterocycles. The van der Waals surface area contributed by atoms with Gasteiger partial charge in [-0.25, -0.2) is 0 Å². The Morgan fingerprint density at radius 3 is 2.12 bits per heavy atom. The molecule has 2 aromatic rings. The lowest BCUT2D eigenvalue weighted by atomic mass is 9.81. The van der Waals surface area contributed by atoms with E-state index in [0.717, 1.165) is 44.6 Å². The zero-order valence-electron chi connectivity index (χ0n) is 19.3. The van der Waals surface area contributed by atoms with Crippen LogP contribution >= 0.6 is 0 Å². The first-order valence-corrected chi connectivity index (χ1v) is 12.8. The number of benzene rings is 2. The number of piperidine rings is 1. The van der Waals surface area contributed by atoms with Gasteiger partial charge in [-0.15, -0.1) is 0 Å². The quantitative estimate of drug-likeness (QED) is 0.689. The fourth-order valence-corrected chi connectivity index (χ4v) is 7.00. The van der Waals surface area contributed by atoms with E-state index in [1.54, 1.807) is 0 Å². The van der Waals surface area contributed by atoms with Crippen molar-refractivity contribution in [1.29, 1.82) is 5.26 Å². The highest BCUT2D eigenvalue weighted by molar-refractivity contribution is 5.83. The highest BCUT2D eigenvalue weighted by Crippen LogP contribution is 2.54. The molecule has 4 heteroatoms. The first-order valence-electron chi connectivity index (χ1n) is 12.8. The summed E-state index contributed by atoms with van der Waals surface area (Å²) in [6.45, 7) is 3.99. The minimum atomic E-state index is 0.279. The lowest BCUT2D eigenvalue weighted by Crippen LogP contribution is -2.40. The summed E-state index contributed by atoms with van der Waals surface area (Å²) in [7, 11) is 0. The summed E-state index contributed by atoms with van der Waals surface area (Å²) < 4.78 is 0. The van der Waals surface area contributed by atoms with Crippen LogP contribution in [0.4, 0.5) is 0 Å². The average Bonchev–Trinajstić information content (AvgIpc) is 3.22. The molecule has 0 aromatic heterocycles. The maximum Gasteiger partial charge on any atom is 0.226 e. The Morgan fingerprint density at radius 2 is 1.45 bits per heavy atom. The van der Waals surface area contributed by atoms with Crippen molar-refractivity contribution in [3.8, 4) is 6.07 Å². The molecule has 2 heterocycles. The molecule has 0 spiro atoms. The monoisotopic (exact) mass is 439 g/mol.